The largest absolute Gasteiger partial charge is 0.478 e. The summed E-state index contributed by atoms with van der Waals surface area (Å²) in [4.78, 5) is 17.5. The fourth-order valence-corrected chi connectivity index (χ4v) is 2.98. The first-order valence-electron chi connectivity index (χ1n) is 7.57. The van der Waals surface area contributed by atoms with Crippen LogP contribution in [-0.2, 0) is 18.9 Å². The van der Waals surface area contributed by atoms with Crippen LogP contribution in [0.5, 0.6) is 0 Å². The Bertz CT molecular complexity index is 881. The Morgan fingerprint density at radius 1 is 1.12 bits per heavy atom. The van der Waals surface area contributed by atoms with E-state index >= 15 is 0 Å². The molecule has 0 saturated carbocycles. The minimum absolute atomic E-state index is 0.00828. The van der Waals surface area contributed by atoms with Crippen molar-refractivity contribution >= 4 is 29.2 Å². The fraction of sp³-hybridized carbons (Fsp3) is 0.167. The van der Waals surface area contributed by atoms with E-state index in [2.05, 4.69) is 9.32 Å². The van der Waals surface area contributed by atoms with E-state index in [1.54, 1.807) is 38.1 Å². The van der Waals surface area contributed by atoms with Crippen LogP contribution >= 0.6 is 12.0 Å². The predicted octanol–water partition coefficient (Wildman–Crippen LogP) is 4.04. The highest BCUT2D eigenvalue weighted by molar-refractivity contribution is 7.94. The smallest absolute Gasteiger partial charge is 0.210 e. The van der Waals surface area contributed by atoms with Crippen molar-refractivity contribution in [3.05, 3.63) is 65.2 Å². The number of carbonyl (C=O) groups excluding carboxylic acids is 1. The van der Waals surface area contributed by atoms with Gasteiger partial charge in [0.2, 0.25) is 5.78 Å². The topological polar surface area (TPSA) is 70.8 Å². The molecule has 1 heterocycles. The number of Topliss-reactive ketones (excluding diaryl/α,β-unsaturated/α-hetero) is 1. The second-order valence-corrected chi connectivity index (χ2v) is 6.82. The number of ketones is 1. The van der Waals surface area contributed by atoms with Gasteiger partial charge in [-0.15, -0.1) is 9.32 Å². The molecular formula is C18H15F2NO4S. The molecule has 0 amide bonds. The number of benzene rings is 2. The van der Waals surface area contributed by atoms with Gasteiger partial charge in [-0.3, -0.25) is 4.79 Å². The Hall–Kier alpha value is -2.26. The molecule has 2 N–H and O–H groups in total. The number of carbonyl (C=O) groups is 1. The van der Waals surface area contributed by atoms with E-state index in [-0.39, 0.29) is 16.9 Å². The van der Waals surface area contributed by atoms with Crippen LogP contribution in [0.4, 0.5) is 8.78 Å². The molecule has 0 aromatic heterocycles. The van der Waals surface area contributed by atoms with Crippen LogP contribution < -0.4 is 5.90 Å². The third-order valence-corrected chi connectivity index (χ3v) is 4.45. The first-order valence-corrected chi connectivity index (χ1v) is 8.31. The molecule has 0 aliphatic carbocycles. The summed E-state index contributed by atoms with van der Waals surface area (Å²) in [5.41, 5.74) is -0.767. The molecule has 0 unspecified atom stereocenters. The molecule has 136 valence electrons. The number of halogens is 2. The zero-order valence-corrected chi connectivity index (χ0v) is 14.7. The second-order valence-electron chi connectivity index (χ2n) is 6.04. The molecule has 1 aliphatic rings. The quantitative estimate of drug-likeness (QED) is 0.480. The van der Waals surface area contributed by atoms with Crippen molar-refractivity contribution in [2.45, 2.75) is 24.3 Å². The Morgan fingerprint density at radius 3 is 2.46 bits per heavy atom. The minimum atomic E-state index is -1.19. The van der Waals surface area contributed by atoms with Crippen molar-refractivity contribution in [3.8, 4) is 0 Å². The maximum absolute atomic E-state index is 14.3. The van der Waals surface area contributed by atoms with Crippen LogP contribution in [0.3, 0.4) is 0 Å². The van der Waals surface area contributed by atoms with E-state index in [0.717, 1.165) is 30.2 Å². The van der Waals surface area contributed by atoms with Crippen molar-refractivity contribution in [2.75, 3.05) is 0 Å². The van der Waals surface area contributed by atoms with Gasteiger partial charge in [0.15, 0.2) is 5.60 Å². The molecular weight excluding hydrogens is 364 g/mol. The summed E-state index contributed by atoms with van der Waals surface area (Å²) in [5.74, 6) is 3.21. The van der Waals surface area contributed by atoms with Crippen molar-refractivity contribution in [3.63, 3.8) is 0 Å². The molecule has 0 saturated heterocycles. The van der Waals surface area contributed by atoms with E-state index in [0.29, 0.717) is 10.5 Å². The standard InChI is InChI=1S/C18H15F2NO4S/c1-18(2)17(22)15(13-9-11(19)5-8-14(13)20)16(23-18)10-3-6-12(7-4-10)26-25-24-21/h3-9H,21H2,1-2H3. The molecule has 1 aliphatic heterocycles. The average molecular weight is 379 g/mol. The summed E-state index contributed by atoms with van der Waals surface area (Å²) < 4.78 is 38.3. The van der Waals surface area contributed by atoms with E-state index in [1.165, 1.54) is 0 Å². The van der Waals surface area contributed by atoms with Crippen molar-refractivity contribution < 1.29 is 27.6 Å². The van der Waals surface area contributed by atoms with Crippen molar-refractivity contribution in [1.29, 1.82) is 0 Å². The van der Waals surface area contributed by atoms with Gasteiger partial charge in [-0.05, 0) is 44.2 Å². The van der Waals surface area contributed by atoms with Crippen LogP contribution in [-0.4, -0.2) is 11.4 Å². The van der Waals surface area contributed by atoms with Gasteiger partial charge in [-0.1, -0.05) is 12.1 Å². The minimum Gasteiger partial charge on any atom is -0.478 e. The maximum Gasteiger partial charge on any atom is 0.210 e. The average Bonchev–Trinajstić information content (AvgIpc) is 2.85. The molecule has 3 rings (SSSR count). The zero-order chi connectivity index (χ0) is 18.9. The molecule has 0 atom stereocenters. The highest BCUT2D eigenvalue weighted by atomic mass is 32.2. The van der Waals surface area contributed by atoms with Gasteiger partial charge in [0.1, 0.15) is 17.4 Å². The lowest BCUT2D eigenvalue weighted by atomic mass is 9.92. The van der Waals surface area contributed by atoms with Gasteiger partial charge < -0.3 is 4.74 Å². The number of hydrogen-bond donors (Lipinski definition) is 1. The second kappa shape index (κ2) is 7.16. The SMILES string of the molecule is CC1(C)OC(c2ccc(SOON)cc2)=C(c2cc(F)ccc2F)C1=O. The molecule has 0 radical (unpaired) electrons. The van der Waals surface area contributed by atoms with E-state index < -0.39 is 23.0 Å². The Kier molecular flexibility index (Phi) is 5.10. The highest BCUT2D eigenvalue weighted by Crippen LogP contribution is 2.42. The summed E-state index contributed by atoms with van der Waals surface area (Å²) in [5, 5.41) is 0. The number of ether oxygens (including phenoxy) is 1. The predicted molar refractivity (Wildman–Crippen MR) is 92.0 cm³/mol. The lowest BCUT2D eigenvalue weighted by Gasteiger charge is -2.17. The van der Waals surface area contributed by atoms with Gasteiger partial charge in [-0.25, -0.2) is 8.78 Å². The molecule has 2 aromatic rings. The van der Waals surface area contributed by atoms with E-state index in [4.69, 9.17) is 10.6 Å². The van der Waals surface area contributed by atoms with Crippen LogP contribution in [0.15, 0.2) is 47.4 Å². The maximum atomic E-state index is 14.3. The summed E-state index contributed by atoms with van der Waals surface area (Å²) in [6.07, 6.45) is 0. The lowest BCUT2D eigenvalue weighted by Crippen LogP contribution is -2.29. The summed E-state index contributed by atoms with van der Waals surface area (Å²) in [7, 11) is 0. The van der Waals surface area contributed by atoms with E-state index in [9.17, 15) is 13.6 Å². The molecule has 0 fully saturated rings. The normalized spacial score (nSPS) is 16.1. The summed E-state index contributed by atoms with van der Waals surface area (Å²) >= 11 is 0.893. The number of hydrogen-bond acceptors (Lipinski definition) is 6. The molecule has 8 heteroatoms. The van der Waals surface area contributed by atoms with Crippen LogP contribution in [0, 0.1) is 11.6 Å². The number of rotatable bonds is 5. The fourth-order valence-electron chi connectivity index (χ4n) is 2.61. The van der Waals surface area contributed by atoms with Gasteiger partial charge in [-0.2, -0.15) is 5.90 Å². The monoisotopic (exact) mass is 379 g/mol. The molecule has 26 heavy (non-hydrogen) atoms. The van der Waals surface area contributed by atoms with E-state index in [1.807, 2.05) is 0 Å². The summed E-state index contributed by atoms with van der Waals surface area (Å²) in [6, 6.07) is 9.68. The van der Waals surface area contributed by atoms with Crippen LogP contribution in [0.1, 0.15) is 25.0 Å². The highest BCUT2D eigenvalue weighted by Gasteiger charge is 2.43. The Balaban J connectivity index is 2.09. The van der Waals surface area contributed by atoms with Gasteiger partial charge in [0, 0.05) is 16.0 Å². The summed E-state index contributed by atoms with van der Waals surface area (Å²) in [6.45, 7) is 3.16. The first kappa shape index (κ1) is 18.5. The Morgan fingerprint density at radius 2 is 1.81 bits per heavy atom. The van der Waals surface area contributed by atoms with Gasteiger partial charge >= 0.3 is 0 Å². The van der Waals surface area contributed by atoms with Crippen LogP contribution in [0.2, 0.25) is 0 Å². The molecule has 0 bridgehead atoms. The zero-order valence-electron chi connectivity index (χ0n) is 13.9. The molecule has 2 aromatic carbocycles. The third kappa shape index (κ3) is 3.49. The van der Waals surface area contributed by atoms with Crippen LogP contribution in [0.25, 0.3) is 11.3 Å². The third-order valence-electron chi connectivity index (χ3n) is 3.84. The van der Waals surface area contributed by atoms with Crippen molar-refractivity contribution in [2.24, 2.45) is 5.90 Å². The molecule has 0 spiro atoms. The Labute approximate surface area is 152 Å². The van der Waals surface area contributed by atoms with Gasteiger partial charge in [0.05, 0.1) is 17.6 Å². The lowest BCUT2D eigenvalue weighted by molar-refractivity contribution is -0.195. The number of nitrogens with two attached hydrogens (primary N) is 1. The van der Waals surface area contributed by atoms with Crippen molar-refractivity contribution in [1.82, 2.24) is 0 Å². The first-order chi connectivity index (χ1) is 12.3. The molecule has 5 nitrogen and oxygen atoms in total. The van der Waals surface area contributed by atoms with Gasteiger partial charge in [0.25, 0.3) is 0 Å².